The number of carbonyl (C=O) groups is 1. The lowest BCUT2D eigenvalue weighted by atomic mass is 9.90. The lowest BCUT2D eigenvalue weighted by Gasteiger charge is -2.16. The molecule has 0 radical (unpaired) electrons. The van der Waals surface area contributed by atoms with Crippen LogP contribution in [0.1, 0.15) is 52.4 Å². The fraction of sp³-hybridized carbons (Fsp3) is 0.435. The van der Waals surface area contributed by atoms with Gasteiger partial charge in [-0.25, -0.2) is 9.67 Å². The Labute approximate surface area is 170 Å². The van der Waals surface area contributed by atoms with Crippen LogP contribution < -0.4 is 10.6 Å². The summed E-state index contributed by atoms with van der Waals surface area (Å²) in [5.74, 6) is 0.427. The molecule has 1 aliphatic carbocycles. The van der Waals surface area contributed by atoms with Crippen molar-refractivity contribution in [2.75, 3.05) is 19.6 Å². The number of carbonyl (C=O) groups excluding carboxylic acids is 1. The second-order valence-electron chi connectivity index (χ2n) is 8.12. The molecule has 0 spiro atoms. The number of nitrogens with one attached hydrogen (secondary N) is 2. The Bertz CT molecular complexity index is 1030. The summed E-state index contributed by atoms with van der Waals surface area (Å²) in [6, 6.07) is 10.2. The van der Waals surface area contributed by atoms with Crippen LogP contribution >= 0.6 is 0 Å². The number of benzene rings is 1. The normalized spacial score (nSPS) is 18.7. The van der Waals surface area contributed by atoms with Gasteiger partial charge in [0.15, 0.2) is 5.65 Å². The molecule has 1 fully saturated rings. The molecular weight excluding hydrogens is 362 g/mol. The number of nitrogens with zero attached hydrogens (tertiary/aromatic N) is 3. The van der Waals surface area contributed by atoms with Crippen molar-refractivity contribution in [1.29, 1.82) is 0 Å². The van der Waals surface area contributed by atoms with E-state index in [-0.39, 0.29) is 5.91 Å². The highest BCUT2D eigenvalue weighted by Gasteiger charge is 2.23. The lowest BCUT2D eigenvalue weighted by Crippen LogP contribution is -2.28. The highest BCUT2D eigenvalue weighted by Crippen LogP contribution is 2.28. The minimum absolute atomic E-state index is 0.0111. The number of fused-ring (bicyclic) bond motifs is 2. The number of rotatable bonds is 5. The van der Waals surface area contributed by atoms with Gasteiger partial charge in [-0.2, -0.15) is 5.10 Å². The van der Waals surface area contributed by atoms with Gasteiger partial charge in [-0.05, 0) is 74.0 Å². The fourth-order valence-electron chi connectivity index (χ4n) is 4.63. The Morgan fingerprint density at radius 1 is 1.21 bits per heavy atom. The largest absolute Gasteiger partial charge is 0.350 e. The number of pyridine rings is 1. The molecule has 1 aliphatic heterocycles. The molecule has 150 valence electrons. The van der Waals surface area contributed by atoms with Crippen LogP contribution in [0.4, 0.5) is 0 Å². The van der Waals surface area contributed by atoms with Crippen LogP contribution in [0, 0.1) is 0 Å². The monoisotopic (exact) mass is 389 g/mol. The number of hydrogen-bond donors (Lipinski definition) is 2. The van der Waals surface area contributed by atoms with E-state index in [2.05, 4.69) is 33.8 Å². The van der Waals surface area contributed by atoms with E-state index in [1.807, 2.05) is 23.0 Å². The van der Waals surface area contributed by atoms with Crippen LogP contribution in [-0.2, 0) is 19.4 Å². The van der Waals surface area contributed by atoms with E-state index in [4.69, 9.17) is 5.10 Å². The molecule has 29 heavy (non-hydrogen) atoms. The number of aromatic nitrogens is 3. The first-order valence-electron chi connectivity index (χ1n) is 10.7. The standard InChI is InChI=1S/C23H27N5O/c29-23(18-8-7-16-4-1-2-5-17(16)14-18)26-12-13-28-22-20(6-3-10-25-22)21(27-28)19-9-11-24-15-19/h3,6-8,10,14,19,24H,1-2,4-5,9,11-13,15H2,(H,26,29)/t19-/m1/s1. The Morgan fingerprint density at radius 2 is 2.10 bits per heavy atom. The lowest BCUT2D eigenvalue weighted by molar-refractivity contribution is 0.0952. The maximum Gasteiger partial charge on any atom is 0.251 e. The van der Waals surface area contributed by atoms with Gasteiger partial charge in [-0.15, -0.1) is 0 Å². The first-order chi connectivity index (χ1) is 14.3. The topological polar surface area (TPSA) is 71.8 Å². The summed E-state index contributed by atoms with van der Waals surface area (Å²) in [6.45, 7) is 3.15. The third-order valence-electron chi connectivity index (χ3n) is 6.20. The van der Waals surface area contributed by atoms with E-state index < -0.39 is 0 Å². The molecule has 1 aromatic carbocycles. The van der Waals surface area contributed by atoms with E-state index in [1.165, 1.54) is 24.0 Å². The summed E-state index contributed by atoms with van der Waals surface area (Å²) in [4.78, 5) is 17.2. The SMILES string of the molecule is O=C(NCCn1nc([C@@H]2CCNC2)c2cccnc21)c1ccc2c(c1)CCCC2. The van der Waals surface area contributed by atoms with Gasteiger partial charge in [0.2, 0.25) is 0 Å². The van der Waals surface area contributed by atoms with Crippen LogP contribution in [0.15, 0.2) is 36.5 Å². The van der Waals surface area contributed by atoms with Crippen molar-refractivity contribution in [2.24, 2.45) is 0 Å². The van der Waals surface area contributed by atoms with Crippen LogP contribution in [0.2, 0.25) is 0 Å². The molecule has 1 atom stereocenters. The van der Waals surface area contributed by atoms with Crippen molar-refractivity contribution in [1.82, 2.24) is 25.4 Å². The maximum atomic E-state index is 12.6. The zero-order valence-corrected chi connectivity index (χ0v) is 16.7. The van der Waals surface area contributed by atoms with E-state index in [1.54, 1.807) is 0 Å². The quantitative estimate of drug-likeness (QED) is 0.704. The minimum atomic E-state index is -0.0111. The van der Waals surface area contributed by atoms with Gasteiger partial charge in [0, 0.05) is 36.2 Å². The second-order valence-corrected chi connectivity index (χ2v) is 8.12. The molecule has 5 rings (SSSR count). The van der Waals surface area contributed by atoms with E-state index in [0.717, 1.165) is 54.6 Å². The van der Waals surface area contributed by atoms with Gasteiger partial charge in [0.05, 0.1) is 12.2 Å². The number of hydrogen-bond acceptors (Lipinski definition) is 4. The van der Waals surface area contributed by atoms with Gasteiger partial charge in [-0.3, -0.25) is 4.79 Å². The van der Waals surface area contributed by atoms with E-state index >= 15 is 0 Å². The van der Waals surface area contributed by atoms with E-state index in [9.17, 15) is 4.79 Å². The fourth-order valence-corrected chi connectivity index (χ4v) is 4.63. The third-order valence-corrected chi connectivity index (χ3v) is 6.20. The summed E-state index contributed by atoms with van der Waals surface area (Å²) in [5.41, 5.74) is 5.51. The van der Waals surface area contributed by atoms with Gasteiger partial charge in [0.1, 0.15) is 0 Å². The Hall–Kier alpha value is -2.73. The Balaban J connectivity index is 1.28. The molecule has 0 saturated carbocycles. The predicted molar refractivity (Wildman–Crippen MR) is 113 cm³/mol. The molecule has 3 aromatic rings. The highest BCUT2D eigenvalue weighted by molar-refractivity contribution is 5.94. The average molecular weight is 390 g/mol. The Morgan fingerprint density at radius 3 is 2.97 bits per heavy atom. The molecule has 6 heteroatoms. The predicted octanol–water partition coefficient (Wildman–Crippen LogP) is 2.82. The molecule has 3 heterocycles. The maximum absolute atomic E-state index is 12.6. The van der Waals surface area contributed by atoms with Crippen molar-refractivity contribution in [2.45, 2.75) is 44.6 Å². The van der Waals surface area contributed by atoms with Crippen molar-refractivity contribution >= 4 is 16.9 Å². The first kappa shape index (κ1) is 18.3. The number of amides is 1. The first-order valence-corrected chi connectivity index (χ1v) is 10.7. The average Bonchev–Trinajstić information content (AvgIpc) is 3.42. The summed E-state index contributed by atoms with van der Waals surface area (Å²) in [7, 11) is 0. The van der Waals surface area contributed by atoms with E-state index in [0.29, 0.717) is 19.0 Å². The van der Waals surface area contributed by atoms with Crippen molar-refractivity contribution in [3.8, 4) is 0 Å². The molecule has 2 aliphatic rings. The Kier molecular flexibility index (Phi) is 5.02. The van der Waals surface area contributed by atoms with Crippen molar-refractivity contribution < 1.29 is 4.79 Å². The molecule has 0 unspecified atom stereocenters. The van der Waals surface area contributed by atoms with Crippen molar-refractivity contribution in [3.05, 3.63) is 58.9 Å². The van der Waals surface area contributed by atoms with Crippen LogP contribution in [-0.4, -0.2) is 40.3 Å². The zero-order valence-electron chi connectivity index (χ0n) is 16.7. The summed E-state index contributed by atoms with van der Waals surface area (Å²) in [6.07, 6.45) is 7.61. The molecular formula is C23H27N5O. The smallest absolute Gasteiger partial charge is 0.251 e. The van der Waals surface area contributed by atoms with Crippen LogP contribution in [0.3, 0.4) is 0 Å². The summed E-state index contributed by atoms with van der Waals surface area (Å²) < 4.78 is 1.94. The molecule has 6 nitrogen and oxygen atoms in total. The van der Waals surface area contributed by atoms with Crippen molar-refractivity contribution in [3.63, 3.8) is 0 Å². The van der Waals surface area contributed by atoms with Gasteiger partial charge >= 0.3 is 0 Å². The highest BCUT2D eigenvalue weighted by atomic mass is 16.1. The molecule has 1 saturated heterocycles. The second kappa shape index (κ2) is 7.95. The minimum Gasteiger partial charge on any atom is -0.350 e. The zero-order chi connectivity index (χ0) is 19.6. The van der Waals surface area contributed by atoms with Crippen LogP contribution in [0.5, 0.6) is 0 Å². The molecule has 1 amide bonds. The number of aryl methyl sites for hydroxylation is 2. The van der Waals surface area contributed by atoms with Gasteiger partial charge in [-0.1, -0.05) is 6.07 Å². The molecule has 2 N–H and O–H groups in total. The third kappa shape index (κ3) is 3.65. The summed E-state index contributed by atoms with van der Waals surface area (Å²) >= 11 is 0. The molecule has 2 aromatic heterocycles. The van der Waals surface area contributed by atoms with Gasteiger partial charge in [0.25, 0.3) is 5.91 Å². The molecule has 0 bridgehead atoms. The van der Waals surface area contributed by atoms with Gasteiger partial charge < -0.3 is 10.6 Å². The summed E-state index contributed by atoms with van der Waals surface area (Å²) in [5, 5.41) is 12.5. The van der Waals surface area contributed by atoms with Crippen LogP contribution in [0.25, 0.3) is 11.0 Å².